The lowest BCUT2D eigenvalue weighted by Crippen LogP contribution is -2.16. The number of nitrogens with zero attached hydrogens (tertiary/aromatic N) is 3. The maximum Gasteiger partial charge on any atom is 0.302 e. The predicted octanol–water partition coefficient (Wildman–Crippen LogP) is 1.28. The number of rotatable bonds is 1. The van der Waals surface area contributed by atoms with E-state index >= 15 is 0 Å². The SMILES string of the molecule is OC1(c2ccccc2)N=CN=N1. The van der Waals surface area contributed by atoms with E-state index in [0.29, 0.717) is 5.56 Å². The Hall–Kier alpha value is -1.55. The summed E-state index contributed by atoms with van der Waals surface area (Å²) in [7, 11) is 0. The molecule has 60 valence electrons. The first-order valence-corrected chi connectivity index (χ1v) is 3.55. The molecule has 1 N–H and O–H groups in total. The fourth-order valence-corrected chi connectivity index (χ4v) is 1.03. The summed E-state index contributed by atoms with van der Waals surface area (Å²) in [5.74, 6) is -1.48. The van der Waals surface area contributed by atoms with E-state index in [1.54, 1.807) is 12.1 Å². The van der Waals surface area contributed by atoms with E-state index in [4.69, 9.17) is 0 Å². The molecule has 1 heterocycles. The fourth-order valence-electron chi connectivity index (χ4n) is 1.03. The number of aliphatic imine (C=N–C) groups is 1. The predicted molar refractivity (Wildman–Crippen MR) is 43.7 cm³/mol. The summed E-state index contributed by atoms with van der Waals surface area (Å²) in [6.45, 7) is 0. The van der Waals surface area contributed by atoms with E-state index in [2.05, 4.69) is 15.2 Å². The summed E-state index contributed by atoms with van der Waals surface area (Å²) in [6, 6.07) is 9.00. The van der Waals surface area contributed by atoms with Gasteiger partial charge in [-0.1, -0.05) is 30.3 Å². The lowest BCUT2D eigenvalue weighted by atomic mass is 10.1. The van der Waals surface area contributed by atoms with Crippen molar-refractivity contribution in [3.05, 3.63) is 35.9 Å². The van der Waals surface area contributed by atoms with Crippen LogP contribution in [0.25, 0.3) is 0 Å². The van der Waals surface area contributed by atoms with E-state index in [-0.39, 0.29) is 0 Å². The fraction of sp³-hybridized carbons (Fsp3) is 0.125. The molecule has 1 aliphatic rings. The molecule has 0 fully saturated rings. The number of hydrogen-bond donors (Lipinski definition) is 1. The van der Waals surface area contributed by atoms with Crippen LogP contribution in [-0.2, 0) is 5.85 Å². The molecule has 0 aliphatic carbocycles. The number of azo groups is 1. The van der Waals surface area contributed by atoms with Crippen molar-refractivity contribution in [1.82, 2.24) is 0 Å². The lowest BCUT2D eigenvalue weighted by molar-refractivity contribution is 0.0558. The monoisotopic (exact) mass is 161 g/mol. The van der Waals surface area contributed by atoms with Gasteiger partial charge < -0.3 is 5.11 Å². The van der Waals surface area contributed by atoms with Crippen molar-refractivity contribution in [1.29, 1.82) is 0 Å². The van der Waals surface area contributed by atoms with E-state index in [0.717, 1.165) is 0 Å². The second-order valence-corrected chi connectivity index (χ2v) is 2.46. The zero-order chi connectivity index (χ0) is 8.44. The molecular formula is C8H7N3O. The molecule has 4 nitrogen and oxygen atoms in total. The van der Waals surface area contributed by atoms with Crippen molar-refractivity contribution in [2.45, 2.75) is 5.85 Å². The first kappa shape index (κ1) is 7.12. The summed E-state index contributed by atoms with van der Waals surface area (Å²) < 4.78 is 0. The van der Waals surface area contributed by atoms with Crippen molar-refractivity contribution in [3.63, 3.8) is 0 Å². The molecule has 1 unspecified atom stereocenters. The largest absolute Gasteiger partial charge is 0.346 e. The third-order valence-electron chi connectivity index (χ3n) is 1.65. The van der Waals surface area contributed by atoms with Crippen molar-refractivity contribution in [3.8, 4) is 0 Å². The van der Waals surface area contributed by atoms with Gasteiger partial charge in [0, 0.05) is 5.56 Å². The molecule has 0 amide bonds. The minimum absolute atomic E-state index is 0.627. The van der Waals surface area contributed by atoms with Crippen LogP contribution in [0.5, 0.6) is 0 Å². The topological polar surface area (TPSA) is 57.3 Å². The second kappa shape index (κ2) is 2.49. The zero-order valence-electron chi connectivity index (χ0n) is 6.25. The van der Waals surface area contributed by atoms with Crippen LogP contribution in [0.3, 0.4) is 0 Å². The van der Waals surface area contributed by atoms with Gasteiger partial charge in [0.05, 0.1) is 0 Å². The zero-order valence-corrected chi connectivity index (χ0v) is 6.25. The molecule has 0 saturated carbocycles. The Morgan fingerprint density at radius 2 is 1.92 bits per heavy atom. The number of aliphatic hydroxyl groups is 1. The highest BCUT2D eigenvalue weighted by Crippen LogP contribution is 2.26. The van der Waals surface area contributed by atoms with E-state index in [1.165, 1.54) is 6.34 Å². The third-order valence-corrected chi connectivity index (χ3v) is 1.65. The Morgan fingerprint density at radius 3 is 2.50 bits per heavy atom. The van der Waals surface area contributed by atoms with Crippen LogP contribution in [0, 0.1) is 0 Å². The van der Waals surface area contributed by atoms with Crippen molar-refractivity contribution < 1.29 is 5.11 Å². The molecule has 1 atom stereocenters. The Balaban J connectivity index is 2.43. The summed E-state index contributed by atoms with van der Waals surface area (Å²) in [4.78, 5) is 3.74. The minimum Gasteiger partial charge on any atom is -0.346 e. The van der Waals surface area contributed by atoms with Gasteiger partial charge in [0.2, 0.25) is 0 Å². The summed E-state index contributed by atoms with van der Waals surface area (Å²) >= 11 is 0. The molecule has 0 saturated heterocycles. The van der Waals surface area contributed by atoms with Gasteiger partial charge in [-0.05, 0) is 0 Å². The van der Waals surface area contributed by atoms with Gasteiger partial charge in [0.1, 0.15) is 6.34 Å². The molecule has 12 heavy (non-hydrogen) atoms. The van der Waals surface area contributed by atoms with Crippen LogP contribution in [0.1, 0.15) is 5.56 Å². The standard InChI is InChI=1S/C8H7N3O/c12-8(9-6-10-11-8)7-4-2-1-3-5-7/h1-6,12H. The third kappa shape index (κ3) is 1.02. The Labute approximate surface area is 69.3 Å². The van der Waals surface area contributed by atoms with Gasteiger partial charge >= 0.3 is 5.85 Å². The summed E-state index contributed by atoms with van der Waals surface area (Å²) in [5, 5.41) is 16.8. The molecule has 2 rings (SSSR count). The van der Waals surface area contributed by atoms with Crippen LogP contribution in [-0.4, -0.2) is 11.4 Å². The van der Waals surface area contributed by atoms with Crippen molar-refractivity contribution in [2.75, 3.05) is 0 Å². The van der Waals surface area contributed by atoms with Gasteiger partial charge in [-0.25, -0.2) is 4.99 Å². The molecule has 1 aromatic rings. The highest BCUT2D eigenvalue weighted by atomic mass is 16.3. The molecule has 1 aliphatic heterocycles. The van der Waals surface area contributed by atoms with Crippen LogP contribution >= 0.6 is 0 Å². The van der Waals surface area contributed by atoms with E-state index < -0.39 is 5.85 Å². The summed E-state index contributed by atoms with van der Waals surface area (Å²) in [5.41, 5.74) is 0.627. The summed E-state index contributed by atoms with van der Waals surface area (Å²) in [6.07, 6.45) is 1.24. The van der Waals surface area contributed by atoms with Gasteiger partial charge in [-0.2, -0.15) is 0 Å². The maximum atomic E-state index is 9.70. The first-order valence-electron chi connectivity index (χ1n) is 3.55. The molecule has 0 aromatic heterocycles. The molecule has 4 heteroatoms. The second-order valence-electron chi connectivity index (χ2n) is 2.46. The highest BCUT2D eigenvalue weighted by Gasteiger charge is 2.29. The smallest absolute Gasteiger partial charge is 0.302 e. The van der Waals surface area contributed by atoms with Gasteiger partial charge in [-0.15, -0.1) is 10.2 Å². The maximum absolute atomic E-state index is 9.70. The average molecular weight is 161 g/mol. The normalized spacial score (nSPS) is 26.4. The highest BCUT2D eigenvalue weighted by molar-refractivity contribution is 5.57. The average Bonchev–Trinajstić information content (AvgIpc) is 2.55. The van der Waals surface area contributed by atoms with Gasteiger partial charge in [0.25, 0.3) is 0 Å². The van der Waals surface area contributed by atoms with Crippen LogP contribution in [0.4, 0.5) is 0 Å². The van der Waals surface area contributed by atoms with Gasteiger partial charge in [0.15, 0.2) is 0 Å². The minimum atomic E-state index is -1.48. The molecular weight excluding hydrogens is 154 g/mol. The quantitative estimate of drug-likeness (QED) is 0.662. The van der Waals surface area contributed by atoms with Gasteiger partial charge in [-0.3, -0.25) is 0 Å². The van der Waals surface area contributed by atoms with E-state index in [9.17, 15) is 5.11 Å². The van der Waals surface area contributed by atoms with Crippen molar-refractivity contribution in [2.24, 2.45) is 15.2 Å². The lowest BCUT2D eigenvalue weighted by Gasteiger charge is -2.12. The van der Waals surface area contributed by atoms with E-state index in [1.807, 2.05) is 18.2 Å². The Kier molecular flexibility index (Phi) is 1.48. The molecule has 1 aromatic carbocycles. The Bertz CT molecular complexity index is 319. The number of benzene rings is 1. The molecule has 0 radical (unpaired) electrons. The Morgan fingerprint density at radius 1 is 1.17 bits per heavy atom. The number of hydrogen-bond acceptors (Lipinski definition) is 4. The van der Waals surface area contributed by atoms with Crippen LogP contribution < -0.4 is 0 Å². The van der Waals surface area contributed by atoms with Crippen LogP contribution in [0.2, 0.25) is 0 Å². The molecule has 0 spiro atoms. The first-order chi connectivity index (χ1) is 5.81. The molecule has 0 bridgehead atoms. The van der Waals surface area contributed by atoms with Crippen LogP contribution in [0.15, 0.2) is 45.6 Å². The van der Waals surface area contributed by atoms with Crippen molar-refractivity contribution >= 4 is 6.34 Å².